The summed E-state index contributed by atoms with van der Waals surface area (Å²) in [5.41, 5.74) is 7.81. The summed E-state index contributed by atoms with van der Waals surface area (Å²) >= 11 is 0. The number of nitrogens with two attached hydrogens (primary N) is 1. The second kappa shape index (κ2) is 5.40. The van der Waals surface area contributed by atoms with Crippen LogP contribution in [0.1, 0.15) is 0 Å². The fourth-order valence-electron chi connectivity index (χ4n) is 2.35. The van der Waals surface area contributed by atoms with E-state index in [0.29, 0.717) is 22.7 Å². The van der Waals surface area contributed by atoms with E-state index in [2.05, 4.69) is 9.97 Å². The number of aromatic hydroxyl groups is 1. The van der Waals surface area contributed by atoms with Crippen molar-refractivity contribution in [2.24, 2.45) is 0 Å². The van der Waals surface area contributed by atoms with Crippen LogP contribution in [0.3, 0.4) is 0 Å². The van der Waals surface area contributed by atoms with Crippen LogP contribution < -0.4 is 15.2 Å². The number of aromatic nitrogens is 2. The molecule has 2 aromatic carbocycles. The molecule has 0 aliphatic rings. The molecule has 0 aliphatic carbocycles. The highest BCUT2D eigenvalue weighted by molar-refractivity contribution is 5.95. The molecule has 1 aromatic heterocycles. The third-order valence-corrected chi connectivity index (χ3v) is 3.34. The van der Waals surface area contributed by atoms with Crippen molar-refractivity contribution in [1.82, 2.24) is 9.97 Å². The molecule has 22 heavy (non-hydrogen) atoms. The summed E-state index contributed by atoms with van der Waals surface area (Å²) in [6.07, 6.45) is 0. The summed E-state index contributed by atoms with van der Waals surface area (Å²) in [7, 11) is 3.13. The maximum Gasteiger partial charge on any atom is 0.221 e. The Labute approximate surface area is 127 Å². The summed E-state index contributed by atoms with van der Waals surface area (Å²) in [4.78, 5) is 8.54. The van der Waals surface area contributed by atoms with Crippen LogP contribution in [0.15, 0.2) is 36.4 Å². The van der Waals surface area contributed by atoms with Crippen LogP contribution in [0.5, 0.6) is 17.2 Å². The molecule has 1 heterocycles. The molecule has 0 spiro atoms. The summed E-state index contributed by atoms with van der Waals surface area (Å²) in [5, 5.41) is 10.4. The number of phenolic OH excluding ortho intramolecular Hbond substituents is 1. The van der Waals surface area contributed by atoms with Crippen molar-refractivity contribution in [2.45, 2.75) is 0 Å². The predicted octanol–water partition coefficient (Wildman–Crippen LogP) is 2.60. The summed E-state index contributed by atoms with van der Waals surface area (Å²) < 4.78 is 10.6. The minimum absolute atomic E-state index is 0.151. The molecular formula is C16H15N3O3. The topological polar surface area (TPSA) is 90.5 Å². The van der Waals surface area contributed by atoms with Gasteiger partial charge in [0.15, 0.2) is 11.5 Å². The Hall–Kier alpha value is -3.02. The van der Waals surface area contributed by atoms with E-state index in [1.807, 2.05) is 6.07 Å². The number of benzene rings is 2. The molecule has 0 bridgehead atoms. The zero-order valence-electron chi connectivity index (χ0n) is 12.2. The van der Waals surface area contributed by atoms with Crippen molar-refractivity contribution in [3.05, 3.63) is 36.4 Å². The van der Waals surface area contributed by atoms with E-state index in [-0.39, 0.29) is 11.7 Å². The standard InChI is InChI=1S/C16H15N3O3/c1-21-13-7-11-12(8-14(13)22-2)18-16(17)19-15(11)9-4-3-5-10(20)6-9/h3-8,20H,1-2H3,(H2,17,18,19). The predicted molar refractivity (Wildman–Crippen MR) is 84.2 cm³/mol. The molecule has 6 nitrogen and oxygen atoms in total. The van der Waals surface area contributed by atoms with Crippen molar-refractivity contribution in [3.8, 4) is 28.5 Å². The van der Waals surface area contributed by atoms with Crippen molar-refractivity contribution in [3.63, 3.8) is 0 Å². The van der Waals surface area contributed by atoms with E-state index in [1.54, 1.807) is 44.6 Å². The first-order valence-corrected chi connectivity index (χ1v) is 6.61. The van der Waals surface area contributed by atoms with Crippen LogP contribution in [-0.2, 0) is 0 Å². The van der Waals surface area contributed by atoms with E-state index >= 15 is 0 Å². The van der Waals surface area contributed by atoms with Gasteiger partial charge in [-0.1, -0.05) is 12.1 Å². The number of anilines is 1. The number of nitrogens with zero attached hydrogens (tertiary/aromatic N) is 2. The van der Waals surface area contributed by atoms with Gasteiger partial charge in [0, 0.05) is 17.0 Å². The number of nitrogen functional groups attached to an aromatic ring is 1. The van der Waals surface area contributed by atoms with Crippen molar-refractivity contribution in [2.75, 3.05) is 20.0 Å². The molecule has 0 unspecified atom stereocenters. The van der Waals surface area contributed by atoms with Crippen molar-refractivity contribution < 1.29 is 14.6 Å². The maximum absolute atomic E-state index is 9.68. The first kappa shape index (κ1) is 13.9. The van der Waals surface area contributed by atoms with Gasteiger partial charge in [0.25, 0.3) is 0 Å². The first-order chi connectivity index (χ1) is 10.6. The van der Waals surface area contributed by atoms with Gasteiger partial charge >= 0.3 is 0 Å². The Morgan fingerprint density at radius 2 is 1.73 bits per heavy atom. The zero-order chi connectivity index (χ0) is 15.7. The number of fused-ring (bicyclic) bond motifs is 1. The molecule has 0 radical (unpaired) electrons. The van der Waals surface area contributed by atoms with Crippen LogP contribution in [0.25, 0.3) is 22.2 Å². The number of phenols is 1. The monoisotopic (exact) mass is 297 g/mol. The lowest BCUT2D eigenvalue weighted by Crippen LogP contribution is -1.99. The zero-order valence-corrected chi connectivity index (χ0v) is 12.2. The molecule has 0 saturated carbocycles. The molecule has 0 aliphatic heterocycles. The number of hydrogen-bond acceptors (Lipinski definition) is 6. The molecule has 3 N–H and O–H groups in total. The van der Waals surface area contributed by atoms with E-state index < -0.39 is 0 Å². The summed E-state index contributed by atoms with van der Waals surface area (Å²) in [6, 6.07) is 10.4. The number of ether oxygens (including phenoxy) is 2. The lowest BCUT2D eigenvalue weighted by Gasteiger charge is -2.12. The third-order valence-electron chi connectivity index (χ3n) is 3.34. The quantitative estimate of drug-likeness (QED) is 0.772. The lowest BCUT2D eigenvalue weighted by atomic mass is 10.1. The lowest BCUT2D eigenvalue weighted by molar-refractivity contribution is 0.356. The minimum Gasteiger partial charge on any atom is -0.508 e. The number of rotatable bonds is 3. The highest BCUT2D eigenvalue weighted by Crippen LogP contribution is 2.36. The Morgan fingerprint density at radius 3 is 2.41 bits per heavy atom. The number of methoxy groups -OCH3 is 2. The normalized spacial score (nSPS) is 10.6. The Bertz CT molecular complexity index is 849. The first-order valence-electron chi connectivity index (χ1n) is 6.61. The van der Waals surface area contributed by atoms with Crippen LogP contribution in [0.4, 0.5) is 5.95 Å². The van der Waals surface area contributed by atoms with Crippen LogP contribution in [0.2, 0.25) is 0 Å². The van der Waals surface area contributed by atoms with Gasteiger partial charge in [-0.3, -0.25) is 0 Å². The van der Waals surface area contributed by atoms with Gasteiger partial charge < -0.3 is 20.3 Å². The van der Waals surface area contributed by atoms with Gasteiger partial charge in [-0.05, 0) is 18.2 Å². The van der Waals surface area contributed by atoms with Crippen LogP contribution in [-0.4, -0.2) is 29.3 Å². The molecule has 112 valence electrons. The molecule has 0 fully saturated rings. The highest BCUT2D eigenvalue weighted by Gasteiger charge is 2.14. The Kier molecular flexibility index (Phi) is 3.42. The molecule has 0 amide bonds. The van der Waals surface area contributed by atoms with Crippen molar-refractivity contribution in [1.29, 1.82) is 0 Å². The van der Waals surface area contributed by atoms with Crippen molar-refractivity contribution >= 4 is 16.9 Å². The molecule has 3 rings (SSSR count). The molecule has 3 aromatic rings. The smallest absolute Gasteiger partial charge is 0.221 e. The third kappa shape index (κ3) is 2.35. The van der Waals surface area contributed by atoms with Gasteiger partial charge in [0.2, 0.25) is 5.95 Å². The second-order valence-corrected chi connectivity index (χ2v) is 4.71. The number of hydrogen-bond donors (Lipinski definition) is 2. The molecule has 0 atom stereocenters. The van der Waals surface area contributed by atoms with Gasteiger partial charge in [0.05, 0.1) is 25.4 Å². The minimum atomic E-state index is 0.151. The fraction of sp³-hybridized carbons (Fsp3) is 0.125. The second-order valence-electron chi connectivity index (χ2n) is 4.71. The van der Waals surface area contributed by atoms with Gasteiger partial charge in [-0.15, -0.1) is 0 Å². The van der Waals surface area contributed by atoms with Crippen LogP contribution >= 0.6 is 0 Å². The van der Waals surface area contributed by atoms with Gasteiger partial charge in [-0.2, -0.15) is 0 Å². The maximum atomic E-state index is 9.68. The fourth-order valence-corrected chi connectivity index (χ4v) is 2.35. The van der Waals surface area contributed by atoms with E-state index in [1.165, 1.54) is 0 Å². The van der Waals surface area contributed by atoms with Crippen LogP contribution in [0, 0.1) is 0 Å². The molecular weight excluding hydrogens is 282 g/mol. The average molecular weight is 297 g/mol. The van der Waals surface area contributed by atoms with Gasteiger partial charge in [-0.25, -0.2) is 9.97 Å². The largest absolute Gasteiger partial charge is 0.508 e. The summed E-state index contributed by atoms with van der Waals surface area (Å²) in [5.74, 6) is 1.45. The summed E-state index contributed by atoms with van der Waals surface area (Å²) in [6.45, 7) is 0. The van der Waals surface area contributed by atoms with E-state index in [0.717, 1.165) is 10.9 Å². The molecule has 6 heteroatoms. The van der Waals surface area contributed by atoms with E-state index in [9.17, 15) is 5.11 Å². The average Bonchev–Trinajstić information content (AvgIpc) is 2.52. The molecule has 0 saturated heterocycles. The Balaban J connectivity index is 2.34. The Morgan fingerprint density at radius 1 is 1.00 bits per heavy atom. The van der Waals surface area contributed by atoms with Gasteiger partial charge in [0.1, 0.15) is 5.75 Å². The highest BCUT2D eigenvalue weighted by atomic mass is 16.5. The SMILES string of the molecule is COc1cc2nc(N)nc(-c3cccc(O)c3)c2cc1OC. The van der Waals surface area contributed by atoms with E-state index in [4.69, 9.17) is 15.2 Å².